The van der Waals surface area contributed by atoms with E-state index in [1.54, 1.807) is 12.1 Å². The highest BCUT2D eigenvalue weighted by Gasteiger charge is 2.17. The first kappa shape index (κ1) is 38.8. The van der Waals surface area contributed by atoms with Crippen LogP contribution in [0.1, 0.15) is 151 Å². The molecule has 0 amide bonds. The van der Waals surface area contributed by atoms with Gasteiger partial charge in [-0.2, -0.15) is 0 Å². The number of ether oxygens (including phenoxy) is 3. The lowest BCUT2D eigenvalue weighted by atomic mass is 10.0. The maximum atomic E-state index is 14.8. The van der Waals surface area contributed by atoms with Crippen molar-refractivity contribution in [2.75, 3.05) is 6.61 Å². The number of hydrogen-bond donors (Lipinski definition) is 0. The van der Waals surface area contributed by atoms with Crippen LogP contribution in [0.5, 0.6) is 11.5 Å². The molecule has 6 heteroatoms. The maximum Gasteiger partial charge on any atom is 0.343 e. The van der Waals surface area contributed by atoms with Crippen molar-refractivity contribution in [2.24, 2.45) is 0 Å². The molecular weight excluding hydrogens is 603 g/mol. The summed E-state index contributed by atoms with van der Waals surface area (Å²) in [4.78, 5) is 25.3. The van der Waals surface area contributed by atoms with Gasteiger partial charge in [0.25, 0.3) is 0 Å². The van der Waals surface area contributed by atoms with E-state index in [1.165, 1.54) is 95.6 Å². The molecule has 0 bridgehead atoms. The zero-order valence-corrected chi connectivity index (χ0v) is 29.6. The van der Waals surface area contributed by atoms with Crippen LogP contribution < -0.4 is 9.47 Å². The summed E-state index contributed by atoms with van der Waals surface area (Å²) >= 11 is 0. The second-order valence-electron chi connectivity index (χ2n) is 12.9. The minimum Gasteiger partial charge on any atom is -0.494 e. The fraction of sp³-hybridized carbons (Fsp3) is 0.524. The third-order valence-corrected chi connectivity index (χ3v) is 8.72. The van der Waals surface area contributed by atoms with Crippen LogP contribution in [0.25, 0.3) is 11.1 Å². The first-order valence-corrected chi connectivity index (χ1v) is 18.5. The smallest absolute Gasteiger partial charge is 0.343 e. The van der Waals surface area contributed by atoms with E-state index < -0.39 is 17.8 Å². The van der Waals surface area contributed by atoms with E-state index in [-0.39, 0.29) is 17.4 Å². The molecule has 0 N–H and O–H groups in total. The van der Waals surface area contributed by atoms with Crippen molar-refractivity contribution in [1.29, 1.82) is 0 Å². The highest BCUT2D eigenvalue weighted by atomic mass is 19.1. The van der Waals surface area contributed by atoms with Gasteiger partial charge in [0.05, 0.1) is 23.8 Å². The molecule has 0 heterocycles. The molecule has 5 nitrogen and oxygen atoms in total. The van der Waals surface area contributed by atoms with Gasteiger partial charge in [-0.15, -0.1) is 0 Å². The zero-order chi connectivity index (χ0) is 34.4. The highest BCUT2D eigenvalue weighted by molar-refractivity contribution is 5.92. The number of esters is 2. The van der Waals surface area contributed by atoms with Crippen LogP contribution in [0, 0.1) is 5.82 Å². The number of hydrogen-bond acceptors (Lipinski definition) is 5. The first-order chi connectivity index (χ1) is 23.4. The van der Waals surface area contributed by atoms with Crippen molar-refractivity contribution in [2.45, 2.75) is 136 Å². The normalized spacial score (nSPS) is 11.7. The minimum atomic E-state index is -0.798. The summed E-state index contributed by atoms with van der Waals surface area (Å²) in [5, 5.41) is 0. The van der Waals surface area contributed by atoms with Gasteiger partial charge in [0.15, 0.2) is 11.6 Å². The number of benzene rings is 3. The molecule has 0 saturated carbocycles. The van der Waals surface area contributed by atoms with Gasteiger partial charge < -0.3 is 14.2 Å². The first-order valence-electron chi connectivity index (χ1n) is 18.5. The third-order valence-electron chi connectivity index (χ3n) is 8.72. The molecule has 0 spiro atoms. The Balaban J connectivity index is 1.38. The summed E-state index contributed by atoms with van der Waals surface area (Å²) in [7, 11) is 0. The summed E-state index contributed by atoms with van der Waals surface area (Å²) in [6, 6.07) is 18.7. The molecule has 1 atom stereocenters. The van der Waals surface area contributed by atoms with Gasteiger partial charge in [0, 0.05) is 0 Å². The average Bonchev–Trinajstić information content (AvgIpc) is 3.10. The third kappa shape index (κ3) is 14.6. The van der Waals surface area contributed by atoms with Crippen LogP contribution >= 0.6 is 0 Å². The lowest BCUT2D eigenvalue weighted by Crippen LogP contribution is -2.15. The van der Waals surface area contributed by atoms with Crippen LogP contribution in [-0.4, -0.2) is 24.6 Å². The lowest BCUT2D eigenvalue weighted by molar-refractivity contribution is 0.0318. The molecule has 0 aromatic heterocycles. The van der Waals surface area contributed by atoms with Crippen LogP contribution in [0.3, 0.4) is 0 Å². The second-order valence-corrected chi connectivity index (χ2v) is 12.9. The van der Waals surface area contributed by atoms with Gasteiger partial charge in [-0.05, 0) is 79.8 Å². The Morgan fingerprint density at radius 3 is 1.67 bits per heavy atom. The van der Waals surface area contributed by atoms with Gasteiger partial charge in [0.2, 0.25) is 0 Å². The van der Waals surface area contributed by atoms with E-state index >= 15 is 0 Å². The molecule has 3 rings (SSSR count). The Hall–Kier alpha value is -3.67. The largest absolute Gasteiger partial charge is 0.494 e. The standard InChI is InChI=1S/C42H57FO5/c1-4-6-8-10-12-13-14-15-17-19-31-46-38-28-25-35(26-29-38)34-21-23-36(24-22-34)41(44)48-40-30-27-37(32-39(40)43)42(45)47-33(3)20-18-16-11-9-7-5-2/h21-30,32-33H,4-20,31H2,1-3H3/t33-/m1/s1. The number of rotatable bonds is 24. The van der Waals surface area contributed by atoms with Gasteiger partial charge >= 0.3 is 11.9 Å². The molecule has 48 heavy (non-hydrogen) atoms. The molecule has 262 valence electrons. The van der Waals surface area contributed by atoms with E-state index in [4.69, 9.17) is 14.2 Å². The zero-order valence-electron chi connectivity index (χ0n) is 29.6. The lowest BCUT2D eigenvalue weighted by Gasteiger charge is -2.14. The molecule has 0 fully saturated rings. The van der Waals surface area contributed by atoms with Gasteiger partial charge in [-0.1, -0.05) is 128 Å². The van der Waals surface area contributed by atoms with Crippen LogP contribution in [0.15, 0.2) is 66.7 Å². The van der Waals surface area contributed by atoms with Gasteiger partial charge in [-0.25, -0.2) is 14.0 Å². The molecule has 0 aliphatic carbocycles. The van der Waals surface area contributed by atoms with Crippen molar-refractivity contribution in [3.63, 3.8) is 0 Å². The number of carbonyl (C=O) groups excluding carboxylic acids is 2. The van der Waals surface area contributed by atoms with E-state index in [0.717, 1.165) is 55.2 Å². The summed E-state index contributed by atoms with van der Waals surface area (Å²) in [6.45, 7) is 7.02. The minimum absolute atomic E-state index is 0.0849. The van der Waals surface area contributed by atoms with Crippen LogP contribution in [0.4, 0.5) is 4.39 Å². The summed E-state index contributed by atoms with van der Waals surface area (Å²) in [6.07, 6.45) is 20.5. The summed E-state index contributed by atoms with van der Waals surface area (Å²) < 4.78 is 31.5. The van der Waals surface area contributed by atoms with Crippen molar-refractivity contribution >= 4 is 11.9 Å². The topological polar surface area (TPSA) is 61.8 Å². The Kier molecular flexibility index (Phi) is 18.4. The molecular formula is C42H57FO5. The molecule has 0 radical (unpaired) electrons. The number of unbranched alkanes of at least 4 members (excludes halogenated alkanes) is 14. The monoisotopic (exact) mass is 660 g/mol. The van der Waals surface area contributed by atoms with Crippen molar-refractivity contribution in [3.05, 3.63) is 83.7 Å². The number of halogens is 1. The van der Waals surface area contributed by atoms with E-state index in [2.05, 4.69) is 13.8 Å². The quantitative estimate of drug-likeness (QED) is 0.0543. The molecule has 0 aliphatic heterocycles. The molecule has 0 unspecified atom stereocenters. The molecule has 0 saturated heterocycles. The van der Waals surface area contributed by atoms with Gasteiger partial charge in [0.1, 0.15) is 5.75 Å². The van der Waals surface area contributed by atoms with Crippen molar-refractivity contribution < 1.29 is 28.2 Å². The predicted octanol–water partition coefficient (Wildman–Crippen LogP) is 12.3. The van der Waals surface area contributed by atoms with Crippen LogP contribution in [-0.2, 0) is 4.74 Å². The Morgan fingerprint density at radius 2 is 1.10 bits per heavy atom. The highest BCUT2D eigenvalue weighted by Crippen LogP contribution is 2.25. The summed E-state index contributed by atoms with van der Waals surface area (Å²) in [5.74, 6) is -1.46. The SMILES string of the molecule is CCCCCCCCCCCCOc1ccc(-c2ccc(C(=O)Oc3ccc(C(=O)O[C@H](C)CCCCCCCC)cc3F)cc2)cc1. The van der Waals surface area contributed by atoms with E-state index in [0.29, 0.717) is 5.56 Å². The van der Waals surface area contributed by atoms with E-state index in [9.17, 15) is 14.0 Å². The number of carbonyl (C=O) groups is 2. The molecule has 3 aromatic carbocycles. The maximum absolute atomic E-state index is 14.8. The fourth-order valence-corrected chi connectivity index (χ4v) is 5.71. The van der Waals surface area contributed by atoms with Gasteiger partial charge in [-0.3, -0.25) is 0 Å². The summed E-state index contributed by atoms with van der Waals surface area (Å²) in [5.41, 5.74) is 2.31. The van der Waals surface area contributed by atoms with Crippen molar-refractivity contribution in [1.82, 2.24) is 0 Å². The average molecular weight is 661 g/mol. The molecule has 0 aliphatic rings. The Labute approximate surface area is 288 Å². The second kappa shape index (κ2) is 22.8. The van der Waals surface area contributed by atoms with Crippen molar-refractivity contribution in [3.8, 4) is 22.6 Å². The predicted molar refractivity (Wildman–Crippen MR) is 193 cm³/mol. The van der Waals surface area contributed by atoms with Crippen LogP contribution in [0.2, 0.25) is 0 Å². The fourth-order valence-electron chi connectivity index (χ4n) is 5.71. The van der Waals surface area contributed by atoms with E-state index in [1.807, 2.05) is 43.3 Å². The molecule has 3 aromatic rings. The Bertz CT molecular complexity index is 1340. The Morgan fingerprint density at radius 1 is 0.604 bits per heavy atom.